The molecule has 1 aromatic rings. The highest BCUT2D eigenvalue weighted by atomic mass is 79.9. The van der Waals surface area contributed by atoms with Crippen LogP contribution in [-0.2, 0) is 0 Å². The third kappa shape index (κ3) is 2.05. The first-order chi connectivity index (χ1) is 7.98. The molecule has 0 atom stereocenters. The van der Waals surface area contributed by atoms with Gasteiger partial charge >= 0.3 is 0 Å². The lowest BCUT2D eigenvalue weighted by atomic mass is 9.82. The SMILES string of the molecule is CC(C)C1(O)CN(c2cccc(Br)c2C#N)C1. The van der Waals surface area contributed by atoms with Crippen molar-refractivity contribution in [3.8, 4) is 6.07 Å². The van der Waals surface area contributed by atoms with Gasteiger partial charge in [-0.1, -0.05) is 19.9 Å². The molecule has 1 aliphatic rings. The fourth-order valence-corrected chi connectivity index (χ4v) is 2.48. The number of aliphatic hydroxyl groups is 1. The summed E-state index contributed by atoms with van der Waals surface area (Å²) in [4.78, 5) is 2.04. The van der Waals surface area contributed by atoms with Gasteiger partial charge in [0, 0.05) is 17.6 Å². The zero-order chi connectivity index (χ0) is 12.6. The first-order valence-electron chi connectivity index (χ1n) is 5.64. The molecule has 1 saturated heterocycles. The lowest BCUT2D eigenvalue weighted by molar-refractivity contribution is -0.0300. The molecule has 1 N–H and O–H groups in total. The van der Waals surface area contributed by atoms with Crippen LogP contribution in [0.2, 0.25) is 0 Å². The maximum Gasteiger partial charge on any atom is 0.103 e. The highest BCUT2D eigenvalue weighted by molar-refractivity contribution is 9.10. The first-order valence-corrected chi connectivity index (χ1v) is 6.43. The molecule has 0 aliphatic carbocycles. The Hall–Kier alpha value is -1.05. The summed E-state index contributed by atoms with van der Waals surface area (Å²) in [5.41, 5.74) is 0.917. The van der Waals surface area contributed by atoms with Crippen molar-refractivity contribution in [2.45, 2.75) is 19.4 Å². The molecule has 2 rings (SSSR count). The Bertz CT molecular complexity index is 473. The second kappa shape index (κ2) is 4.32. The fraction of sp³-hybridized carbons (Fsp3) is 0.462. The molecule has 0 radical (unpaired) electrons. The largest absolute Gasteiger partial charge is 0.386 e. The van der Waals surface area contributed by atoms with Crippen LogP contribution in [0.5, 0.6) is 0 Å². The summed E-state index contributed by atoms with van der Waals surface area (Å²) in [6.45, 7) is 5.22. The number of halogens is 1. The summed E-state index contributed by atoms with van der Waals surface area (Å²) in [5, 5.41) is 19.4. The topological polar surface area (TPSA) is 47.3 Å². The Morgan fingerprint density at radius 3 is 2.65 bits per heavy atom. The number of hydrogen-bond acceptors (Lipinski definition) is 3. The molecule has 90 valence electrons. The molecule has 4 heteroatoms. The van der Waals surface area contributed by atoms with Crippen LogP contribution in [0.25, 0.3) is 0 Å². The van der Waals surface area contributed by atoms with Gasteiger partial charge in [0.25, 0.3) is 0 Å². The number of rotatable bonds is 2. The van der Waals surface area contributed by atoms with Crippen LogP contribution in [0.3, 0.4) is 0 Å². The van der Waals surface area contributed by atoms with Gasteiger partial charge in [0.15, 0.2) is 0 Å². The van der Waals surface area contributed by atoms with E-state index in [0.717, 1.165) is 10.2 Å². The van der Waals surface area contributed by atoms with Gasteiger partial charge in [-0.3, -0.25) is 0 Å². The number of benzene rings is 1. The van der Waals surface area contributed by atoms with Crippen LogP contribution >= 0.6 is 15.9 Å². The van der Waals surface area contributed by atoms with Crippen LogP contribution in [0.1, 0.15) is 19.4 Å². The monoisotopic (exact) mass is 294 g/mol. The summed E-state index contributed by atoms with van der Waals surface area (Å²) in [5.74, 6) is 0.233. The summed E-state index contributed by atoms with van der Waals surface area (Å²) >= 11 is 3.37. The van der Waals surface area contributed by atoms with Gasteiger partial charge in [0.1, 0.15) is 11.7 Å². The van der Waals surface area contributed by atoms with E-state index in [1.165, 1.54) is 0 Å². The van der Waals surface area contributed by atoms with Gasteiger partial charge in [-0.05, 0) is 34.0 Å². The van der Waals surface area contributed by atoms with Crippen molar-refractivity contribution in [2.24, 2.45) is 5.92 Å². The standard InChI is InChI=1S/C13H15BrN2O/c1-9(2)13(17)7-16(8-13)12-5-3-4-11(14)10(12)6-15/h3-5,9,17H,7-8H2,1-2H3. The summed E-state index contributed by atoms with van der Waals surface area (Å²) in [6, 6.07) is 7.89. The summed E-state index contributed by atoms with van der Waals surface area (Å²) < 4.78 is 0.803. The molecule has 17 heavy (non-hydrogen) atoms. The lowest BCUT2D eigenvalue weighted by Crippen LogP contribution is -2.64. The van der Waals surface area contributed by atoms with Gasteiger partial charge in [-0.2, -0.15) is 5.26 Å². The molecular weight excluding hydrogens is 280 g/mol. The number of hydrogen-bond donors (Lipinski definition) is 1. The van der Waals surface area contributed by atoms with Crippen molar-refractivity contribution in [3.63, 3.8) is 0 Å². The molecule has 1 aromatic carbocycles. The lowest BCUT2D eigenvalue weighted by Gasteiger charge is -2.50. The van der Waals surface area contributed by atoms with Gasteiger partial charge in [0.05, 0.1) is 11.3 Å². The summed E-state index contributed by atoms with van der Waals surface area (Å²) in [7, 11) is 0. The number of nitrogens with zero attached hydrogens (tertiary/aromatic N) is 2. The maximum absolute atomic E-state index is 10.2. The predicted octanol–water partition coefficient (Wildman–Crippen LogP) is 2.53. The quantitative estimate of drug-likeness (QED) is 0.912. The van der Waals surface area contributed by atoms with E-state index >= 15 is 0 Å². The molecule has 0 unspecified atom stereocenters. The Labute approximate surface area is 110 Å². The highest BCUT2D eigenvalue weighted by Gasteiger charge is 2.44. The highest BCUT2D eigenvalue weighted by Crippen LogP contribution is 2.36. The van der Waals surface area contributed by atoms with Crippen molar-refractivity contribution in [3.05, 3.63) is 28.2 Å². The van der Waals surface area contributed by atoms with E-state index in [1.54, 1.807) is 0 Å². The molecule has 0 amide bonds. The third-order valence-electron chi connectivity index (χ3n) is 3.45. The van der Waals surface area contributed by atoms with Gasteiger partial charge in [0.2, 0.25) is 0 Å². The van der Waals surface area contributed by atoms with E-state index < -0.39 is 5.60 Å². The normalized spacial score (nSPS) is 17.8. The molecule has 0 aromatic heterocycles. The molecule has 3 nitrogen and oxygen atoms in total. The average Bonchev–Trinajstić information content (AvgIpc) is 2.24. The molecule has 0 spiro atoms. The summed E-state index contributed by atoms with van der Waals surface area (Å²) in [6.07, 6.45) is 0. The van der Waals surface area contributed by atoms with E-state index in [0.29, 0.717) is 18.7 Å². The Balaban J connectivity index is 2.23. The Morgan fingerprint density at radius 1 is 1.47 bits per heavy atom. The minimum Gasteiger partial charge on any atom is -0.386 e. The molecule has 1 fully saturated rings. The fourth-order valence-electron chi connectivity index (χ4n) is 2.04. The average molecular weight is 295 g/mol. The van der Waals surface area contributed by atoms with Gasteiger partial charge in [-0.25, -0.2) is 0 Å². The van der Waals surface area contributed by atoms with Crippen molar-refractivity contribution < 1.29 is 5.11 Å². The Kier molecular flexibility index (Phi) is 3.15. The Morgan fingerprint density at radius 2 is 2.12 bits per heavy atom. The van der Waals surface area contributed by atoms with Crippen LogP contribution in [-0.4, -0.2) is 23.8 Å². The maximum atomic E-state index is 10.2. The van der Waals surface area contributed by atoms with Crippen molar-refractivity contribution in [2.75, 3.05) is 18.0 Å². The minimum atomic E-state index is -0.616. The number of nitriles is 1. The zero-order valence-electron chi connectivity index (χ0n) is 9.94. The van der Waals surface area contributed by atoms with Crippen LogP contribution in [0.4, 0.5) is 5.69 Å². The van der Waals surface area contributed by atoms with Crippen LogP contribution < -0.4 is 4.90 Å². The van der Waals surface area contributed by atoms with Gasteiger partial charge < -0.3 is 10.0 Å². The van der Waals surface area contributed by atoms with E-state index in [4.69, 9.17) is 5.26 Å². The van der Waals surface area contributed by atoms with Gasteiger partial charge in [-0.15, -0.1) is 0 Å². The van der Waals surface area contributed by atoms with Crippen LogP contribution in [0.15, 0.2) is 22.7 Å². The predicted molar refractivity (Wildman–Crippen MR) is 70.9 cm³/mol. The van der Waals surface area contributed by atoms with Crippen LogP contribution in [0, 0.1) is 17.2 Å². The molecule has 0 bridgehead atoms. The van der Waals surface area contributed by atoms with E-state index in [9.17, 15) is 5.11 Å². The number of anilines is 1. The van der Waals surface area contributed by atoms with E-state index in [2.05, 4.69) is 22.0 Å². The van der Waals surface area contributed by atoms with E-state index in [1.807, 2.05) is 36.9 Å². The third-order valence-corrected chi connectivity index (χ3v) is 4.11. The second-order valence-corrected chi connectivity index (χ2v) is 5.71. The first kappa shape index (κ1) is 12.4. The number of β-amino-alcohol motifs (C(OH)–C–C–N with tert-alkyl or cyclic N) is 1. The molecular formula is C13H15BrN2O. The van der Waals surface area contributed by atoms with Crippen molar-refractivity contribution in [1.82, 2.24) is 0 Å². The smallest absolute Gasteiger partial charge is 0.103 e. The molecule has 1 heterocycles. The molecule has 0 saturated carbocycles. The van der Waals surface area contributed by atoms with E-state index in [-0.39, 0.29) is 5.92 Å². The van der Waals surface area contributed by atoms with Crippen molar-refractivity contribution >= 4 is 21.6 Å². The molecule has 1 aliphatic heterocycles. The minimum absolute atomic E-state index is 0.233. The zero-order valence-corrected chi connectivity index (χ0v) is 11.5. The van der Waals surface area contributed by atoms with Crippen molar-refractivity contribution in [1.29, 1.82) is 5.26 Å². The second-order valence-electron chi connectivity index (χ2n) is 4.86.